The Balaban J connectivity index is 2.53. The fraction of sp³-hybridized carbons (Fsp3) is 0.0667. The van der Waals surface area contributed by atoms with Gasteiger partial charge in [0, 0.05) is 11.1 Å². The van der Waals surface area contributed by atoms with Crippen molar-refractivity contribution in [2.45, 2.75) is 5.38 Å². The predicted molar refractivity (Wildman–Crippen MR) is 75.8 cm³/mol. The summed E-state index contributed by atoms with van der Waals surface area (Å²) in [5.41, 5.74) is 1.68. The number of alkyl halides is 3. The summed E-state index contributed by atoms with van der Waals surface area (Å²) in [5, 5.41) is -2.85. The summed E-state index contributed by atoms with van der Waals surface area (Å²) in [7, 11) is 0. The lowest BCUT2D eigenvalue weighted by molar-refractivity contribution is 0.153. The summed E-state index contributed by atoms with van der Waals surface area (Å²) in [6.45, 7) is 0. The van der Waals surface area contributed by atoms with Crippen LogP contribution in [-0.4, -0.2) is 5.38 Å². The summed E-state index contributed by atoms with van der Waals surface area (Å²) in [6.07, 6.45) is 0.743. The van der Waals surface area contributed by atoms with Gasteiger partial charge in [-0.05, 0) is 40.4 Å². The molecule has 2 rings (SSSR count). The molecule has 19 heavy (non-hydrogen) atoms. The van der Waals surface area contributed by atoms with Crippen LogP contribution in [0.2, 0.25) is 5.02 Å². The first-order chi connectivity index (χ1) is 8.96. The number of rotatable bonds is 3. The molecule has 0 aliphatic carbocycles. The molecule has 0 atom stereocenters. The zero-order valence-corrected chi connectivity index (χ0v) is 11.3. The lowest BCUT2D eigenvalue weighted by Crippen LogP contribution is -2.02. The highest BCUT2D eigenvalue weighted by molar-refractivity contribution is 6.30. The van der Waals surface area contributed by atoms with Crippen molar-refractivity contribution < 1.29 is 8.78 Å². The van der Waals surface area contributed by atoms with Gasteiger partial charge in [0.2, 0.25) is 0 Å². The molecule has 0 radical (unpaired) electrons. The Hall–Kier alpha value is -1.38. The molecule has 2 aromatic carbocycles. The molecule has 0 spiro atoms. The SMILES string of the molecule is FC(F)(Cl)/C=C(\c1ccccc1)c1ccc(Cl)cc1. The maximum Gasteiger partial charge on any atom is 0.342 e. The highest BCUT2D eigenvalue weighted by atomic mass is 35.5. The van der Waals surface area contributed by atoms with E-state index >= 15 is 0 Å². The Kier molecular flexibility index (Phi) is 4.23. The van der Waals surface area contributed by atoms with Gasteiger partial charge in [0.25, 0.3) is 0 Å². The number of hydrogen-bond acceptors (Lipinski definition) is 0. The van der Waals surface area contributed by atoms with Crippen LogP contribution < -0.4 is 0 Å². The zero-order valence-electron chi connectivity index (χ0n) is 9.79. The van der Waals surface area contributed by atoms with Crippen molar-refractivity contribution in [3.8, 4) is 0 Å². The van der Waals surface area contributed by atoms with E-state index in [-0.39, 0.29) is 0 Å². The fourth-order valence-corrected chi connectivity index (χ4v) is 1.98. The van der Waals surface area contributed by atoms with E-state index in [2.05, 4.69) is 0 Å². The van der Waals surface area contributed by atoms with Gasteiger partial charge in [-0.2, -0.15) is 8.78 Å². The molecule has 0 bridgehead atoms. The molecular formula is C15H10Cl2F2. The molecule has 0 fully saturated rings. The predicted octanol–water partition coefficient (Wildman–Crippen LogP) is 5.60. The average Bonchev–Trinajstić information content (AvgIpc) is 2.37. The minimum absolute atomic E-state index is 0.372. The Bertz CT molecular complexity index is 569. The maximum atomic E-state index is 13.1. The first kappa shape index (κ1) is 14.0. The molecule has 0 saturated heterocycles. The third-order valence-corrected chi connectivity index (χ3v) is 2.91. The van der Waals surface area contributed by atoms with Crippen LogP contribution in [-0.2, 0) is 0 Å². The number of benzene rings is 2. The van der Waals surface area contributed by atoms with Crippen LogP contribution >= 0.6 is 23.2 Å². The zero-order chi connectivity index (χ0) is 13.9. The number of allylic oxidation sites excluding steroid dienone is 1. The Morgan fingerprint density at radius 1 is 0.895 bits per heavy atom. The topological polar surface area (TPSA) is 0 Å². The fourth-order valence-electron chi connectivity index (χ4n) is 1.74. The molecular weight excluding hydrogens is 289 g/mol. The first-order valence-corrected chi connectivity index (χ1v) is 6.32. The van der Waals surface area contributed by atoms with Gasteiger partial charge in [0.15, 0.2) is 0 Å². The summed E-state index contributed by atoms with van der Waals surface area (Å²) in [5.74, 6) is 0. The standard InChI is InChI=1S/C15H10Cl2F2/c16-13-8-6-12(7-9-13)14(10-15(17,18)19)11-4-2-1-3-5-11/h1-10H/b14-10+. The van der Waals surface area contributed by atoms with Crippen LogP contribution in [0.4, 0.5) is 8.78 Å². The molecule has 0 heterocycles. The van der Waals surface area contributed by atoms with Crippen molar-refractivity contribution >= 4 is 28.8 Å². The lowest BCUT2D eigenvalue weighted by Gasteiger charge is -2.11. The summed E-state index contributed by atoms with van der Waals surface area (Å²) < 4.78 is 26.2. The van der Waals surface area contributed by atoms with Crippen molar-refractivity contribution in [2.75, 3.05) is 0 Å². The van der Waals surface area contributed by atoms with E-state index < -0.39 is 5.38 Å². The molecule has 0 nitrogen and oxygen atoms in total. The average molecular weight is 299 g/mol. The molecule has 0 aliphatic heterocycles. The largest absolute Gasteiger partial charge is 0.342 e. The molecule has 0 aromatic heterocycles. The van der Waals surface area contributed by atoms with E-state index in [4.69, 9.17) is 23.2 Å². The molecule has 2 aromatic rings. The van der Waals surface area contributed by atoms with Crippen LogP contribution in [0.25, 0.3) is 5.57 Å². The van der Waals surface area contributed by atoms with Gasteiger partial charge in [-0.1, -0.05) is 54.1 Å². The Morgan fingerprint density at radius 2 is 1.42 bits per heavy atom. The molecule has 0 unspecified atom stereocenters. The Labute approximate surface area is 120 Å². The number of halogens is 4. The van der Waals surface area contributed by atoms with Crippen molar-refractivity contribution in [1.82, 2.24) is 0 Å². The molecule has 4 heteroatoms. The van der Waals surface area contributed by atoms with Gasteiger partial charge >= 0.3 is 5.38 Å². The summed E-state index contributed by atoms with van der Waals surface area (Å²) in [4.78, 5) is 0. The maximum absolute atomic E-state index is 13.1. The van der Waals surface area contributed by atoms with E-state index in [9.17, 15) is 8.78 Å². The first-order valence-electron chi connectivity index (χ1n) is 5.57. The molecule has 0 aliphatic rings. The van der Waals surface area contributed by atoms with Crippen molar-refractivity contribution in [2.24, 2.45) is 0 Å². The Morgan fingerprint density at radius 3 is 1.95 bits per heavy atom. The monoisotopic (exact) mass is 298 g/mol. The van der Waals surface area contributed by atoms with Gasteiger partial charge in [0.05, 0.1) is 0 Å². The molecule has 98 valence electrons. The van der Waals surface area contributed by atoms with E-state index in [1.165, 1.54) is 0 Å². The second-order valence-electron chi connectivity index (χ2n) is 3.97. The second-order valence-corrected chi connectivity index (χ2v) is 4.91. The minimum Gasteiger partial charge on any atom is -0.184 e. The van der Waals surface area contributed by atoms with Crippen molar-refractivity contribution in [3.05, 3.63) is 76.8 Å². The van der Waals surface area contributed by atoms with Crippen molar-refractivity contribution in [1.29, 1.82) is 0 Å². The van der Waals surface area contributed by atoms with Gasteiger partial charge in [-0.25, -0.2) is 0 Å². The highest BCUT2D eigenvalue weighted by Gasteiger charge is 2.23. The normalized spacial score (nSPS) is 12.5. The second kappa shape index (κ2) is 5.72. The van der Waals surface area contributed by atoms with Crippen LogP contribution in [0.1, 0.15) is 11.1 Å². The van der Waals surface area contributed by atoms with Crippen LogP contribution in [0, 0.1) is 0 Å². The molecule has 0 saturated carbocycles. The summed E-state index contributed by atoms with van der Waals surface area (Å²) in [6, 6.07) is 15.6. The van der Waals surface area contributed by atoms with Gasteiger partial charge < -0.3 is 0 Å². The number of hydrogen-bond donors (Lipinski definition) is 0. The van der Waals surface area contributed by atoms with Gasteiger partial charge in [0.1, 0.15) is 0 Å². The van der Waals surface area contributed by atoms with Crippen LogP contribution in [0.15, 0.2) is 60.7 Å². The molecule has 0 N–H and O–H groups in total. The van der Waals surface area contributed by atoms with Gasteiger partial charge in [-0.15, -0.1) is 0 Å². The summed E-state index contributed by atoms with van der Waals surface area (Å²) >= 11 is 10.8. The lowest BCUT2D eigenvalue weighted by atomic mass is 9.98. The smallest absolute Gasteiger partial charge is 0.184 e. The van der Waals surface area contributed by atoms with Gasteiger partial charge in [-0.3, -0.25) is 0 Å². The van der Waals surface area contributed by atoms with E-state index in [0.29, 0.717) is 21.7 Å². The third kappa shape index (κ3) is 4.05. The minimum atomic E-state index is -3.40. The van der Waals surface area contributed by atoms with Crippen molar-refractivity contribution in [3.63, 3.8) is 0 Å². The quantitative estimate of drug-likeness (QED) is 0.647. The highest BCUT2D eigenvalue weighted by Crippen LogP contribution is 2.31. The van der Waals surface area contributed by atoms with Crippen LogP contribution in [0.3, 0.4) is 0 Å². The van der Waals surface area contributed by atoms with E-state index in [1.54, 1.807) is 48.5 Å². The van der Waals surface area contributed by atoms with E-state index in [0.717, 1.165) is 6.08 Å². The van der Waals surface area contributed by atoms with Crippen LogP contribution in [0.5, 0.6) is 0 Å². The van der Waals surface area contributed by atoms with E-state index in [1.807, 2.05) is 6.07 Å². The molecule has 0 amide bonds. The third-order valence-electron chi connectivity index (χ3n) is 2.55.